The number of rotatable bonds is 2. The van der Waals surface area contributed by atoms with Crippen molar-refractivity contribution in [3.63, 3.8) is 0 Å². The van der Waals surface area contributed by atoms with Crippen LogP contribution in [-0.2, 0) is 22.6 Å². The summed E-state index contributed by atoms with van der Waals surface area (Å²) in [6.07, 6.45) is 3.16. The van der Waals surface area contributed by atoms with Crippen LogP contribution in [0.25, 0.3) is 0 Å². The number of likely N-dealkylation sites (tertiary alicyclic amines) is 1. The molecule has 2 aromatic carbocycles. The number of amides is 3. The van der Waals surface area contributed by atoms with Crippen LogP contribution >= 0.6 is 0 Å². The number of hydrogen-bond acceptors (Lipinski definition) is 8. The molecule has 214 valence electrons. The quantitative estimate of drug-likeness (QED) is 0.422. The van der Waals surface area contributed by atoms with Gasteiger partial charge in [-0.25, -0.2) is 4.98 Å². The number of benzene rings is 2. The van der Waals surface area contributed by atoms with Crippen LogP contribution in [0.4, 0.5) is 0 Å². The average molecular weight is 562 g/mol. The molecule has 12 heteroatoms. The molecule has 8 rings (SSSR count). The molecule has 0 radical (unpaired) electrons. The van der Waals surface area contributed by atoms with Gasteiger partial charge in [-0.3, -0.25) is 19.2 Å². The molecule has 4 bridgehead atoms. The first-order chi connectivity index (χ1) is 19.9. The SMILES string of the molecule is COc1cc2ccc1OCC(=O)N[C@@H]1CN(C(=O)c3c[nH]c(=O)cn3)CC[C@H]1Oc1ccc(cc1)CNC(=O)CC2. The summed E-state index contributed by atoms with van der Waals surface area (Å²) in [6.45, 7) is 0.623. The Morgan fingerprint density at radius 3 is 2.61 bits per heavy atom. The molecule has 2 atom stereocenters. The number of nitrogens with zero attached hydrogens (tertiary/aromatic N) is 2. The van der Waals surface area contributed by atoms with Crippen LogP contribution in [0.2, 0.25) is 0 Å². The minimum atomic E-state index is -0.555. The molecule has 3 amide bonds. The molecule has 1 aromatic heterocycles. The Morgan fingerprint density at radius 1 is 1.05 bits per heavy atom. The lowest BCUT2D eigenvalue weighted by atomic mass is 10.0. The molecule has 1 fully saturated rings. The van der Waals surface area contributed by atoms with Gasteiger partial charge in [-0.15, -0.1) is 0 Å². The van der Waals surface area contributed by atoms with Crippen LogP contribution in [0, 0.1) is 0 Å². The maximum absolute atomic E-state index is 13.1. The number of hydrogen-bond donors (Lipinski definition) is 3. The minimum absolute atomic E-state index is 0.0723. The zero-order valence-electron chi connectivity index (χ0n) is 22.6. The van der Waals surface area contributed by atoms with Gasteiger partial charge < -0.3 is 34.7 Å². The average Bonchev–Trinajstić information content (AvgIpc) is 2.99. The van der Waals surface area contributed by atoms with Crippen molar-refractivity contribution in [1.29, 1.82) is 0 Å². The lowest BCUT2D eigenvalue weighted by Gasteiger charge is -2.38. The number of H-pyrrole nitrogens is 1. The number of ether oxygens (including phenoxy) is 3. The van der Waals surface area contributed by atoms with Crippen LogP contribution < -0.4 is 30.4 Å². The first-order valence-corrected chi connectivity index (χ1v) is 13.3. The maximum Gasteiger partial charge on any atom is 0.274 e. The molecule has 41 heavy (non-hydrogen) atoms. The summed E-state index contributed by atoms with van der Waals surface area (Å²) in [5.74, 6) is 0.606. The van der Waals surface area contributed by atoms with Gasteiger partial charge >= 0.3 is 0 Å². The van der Waals surface area contributed by atoms with E-state index < -0.39 is 23.6 Å². The third-order valence-electron chi connectivity index (χ3n) is 7.00. The van der Waals surface area contributed by atoms with Gasteiger partial charge in [0.15, 0.2) is 18.1 Å². The summed E-state index contributed by atoms with van der Waals surface area (Å²) >= 11 is 0. The van der Waals surface area contributed by atoms with Gasteiger partial charge in [-0.1, -0.05) is 18.2 Å². The highest BCUT2D eigenvalue weighted by Gasteiger charge is 2.35. The zero-order chi connectivity index (χ0) is 28.8. The molecule has 1 saturated heterocycles. The molecule has 5 aliphatic rings. The monoisotopic (exact) mass is 561 g/mol. The van der Waals surface area contributed by atoms with Gasteiger partial charge in [-0.2, -0.15) is 0 Å². The van der Waals surface area contributed by atoms with Crippen molar-refractivity contribution < 1.29 is 28.6 Å². The van der Waals surface area contributed by atoms with Crippen LogP contribution in [0.3, 0.4) is 0 Å². The first kappa shape index (κ1) is 27.7. The Balaban J connectivity index is 1.37. The number of methoxy groups -OCH3 is 1. The van der Waals surface area contributed by atoms with Crippen molar-refractivity contribution in [3.05, 3.63) is 82.0 Å². The lowest BCUT2D eigenvalue weighted by molar-refractivity contribution is -0.125. The Kier molecular flexibility index (Phi) is 8.47. The number of aromatic amines is 1. The third kappa shape index (κ3) is 7.02. The van der Waals surface area contributed by atoms with Crippen LogP contribution in [-0.4, -0.2) is 71.5 Å². The topological polar surface area (TPSA) is 152 Å². The molecule has 0 saturated carbocycles. The molecule has 3 N–H and O–H groups in total. The minimum Gasteiger partial charge on any atom is -0.493 e. The van der Waals surface area contributed by atoms with Crippen LogP contribution in [0.1, 0.15) is 34.5 Å². The van der Waals surface area contributed by atoms with Gasteiger partial charge in [0, 0.05) is 38.7 Å². The predicted octanol–water partition coefficient (Wildman–Crippen LogP) is 1.20. The van der Waals surface area contributed by atoms with Crippen molar-refractivity contribution in [2.75, 3.05) is 26.8 Å². The Bertz CT molecular complexity index is 1450. The number of carbonyl (C=O) groups excluding carboxylic acids is 3. The van der Waals surface area contributed by atoms with Crippen LogP contribution in [0.15, 0.2) is 59.7 Å². The lowest BCUT2D eigenvalue weighted by Crippen LogP contribution is -2.58. The fraction of sp³-hybridized carbons (Fsp3) is 0.345. The Labute approximate surface area is 236 Å². The summed E-state index contributed by atoms with van der Waals surface area (Å²) in [5, 5.41) is 5.90. The standard InChI is InChI=1S/C29H31N5O7/c1-39-25-12-18-4-8-24(25)40-17-28(37)33-22-16-34(29(38)21-14-32-27(36)15-30-21)11-10-23(22)41-20-6-2-19(3-7-20)13-31-26(35)9-5-18/h2-4,6-8,12,14-15,22-23H,5,9-11,13,16-17H2,1H3,(H,31,35)(H,32,36)(H,33,37)/t22-,23-/m1/s1. The van der Waals surface area contributed by atoms with E-state index in [4.69, 9.17) is 14.2 Å². The van der Waals surface area contributed by atoms with Gasteiger partial charge in [0.25, 0.3) is 17.4 Å². The molecule has 0 unspecified atom stereocenters. The van der Waals surface area contributed by atoms with E-state index in [1.807, 2.05) is 30.3 Å². The molecular weight excluding hydrogens is 530 g/mol. The second-order valence-corrected chi connectivity index (χ2v) is 9.86. The summed E-state index contributed by atoms with van der Waals surface area (Å²) in [5.41, 5.74) is 1.51. The molecule has 0 spiro atoms. The summed E-state index contributed by atoms with van der Waals surface area (Å²) in [6, 6.07) is 12.2. The number of carbonyl (C=O) groups is 3. The highest BCUT2D eigenvalue weighted by atomic mass is 16.5. The fourth-order valence-corrected chi connectivity index (χ4v) is 4.80. The van der Waals surface area contributed by atoms with Crippen molar-refractivity contribution in [2.24, 2.45) is 0 Å². The van der Waals surface area contributed by atoms with Gasteiger partial charge in [-0.05, 0) is 41.8 Å². The molecule has 5 aliphatic heterocycles. The molecular formula is C29H31N5O7. The molecule has 6 heterocycles. The molecule has 12 nitrogen and oxygen atoms in total. The van der Waals surface area contributed by atoms with Crippen molar-refractivity contribution in [2.45, 2.75) is 38.0 Å². The highest BCUT2D eigenvalue weighted by molar-refractivity contribution is 5.92. The Morgan fingerprint density at radius 2 is 1.85 bits per heavy atom. The number of piperidine rings is 1. The Hall–Kier alpha value is -4.87. The smallest absolute Gasteiger partial charge is 0.274 e. The maximum atomic E-state index is 13.1. The van der Waals surface area contributed by atoms with Crippen molar-refractivity contribution in [1.82, 2.24) is 25.5 Å². The fourth-order valence-electron chi connectivity index (χ4n) is 4.80. The van der Waals surface area contributed by atoms with E-state index in [9.17, 15) is 19.2 Å². The molecule has 0 aliphatic carbocycles. The number of aryl methyl sites for hydroxylation is 1. The second kappa shape index (κ2) is 12.5. The summed E-state index contributed by atoms with van der Waals surface area (Å²) < 4.78 is 17.5. The number of nitrogens with one attached hydrogen (secondary N) is 3. The summed E-state index contributed by atoms with van der Waals surface area (Å²) in [7, 11) is 1.51. The van der Waals surface area contributed by atoms with E-state index in [0.29, 0.717) is 49.6 Å². The molecule has 3 aromatic rings. The van der Waals surface area contributed by atoms with Crippen molar-refractivity contribution >= 4 is 17.7 Å². The summed E-state index contributed by atoms with van der Waals surface area (Å²) in [4.78, 5) is 57.9. The van der Waals surface area contributed by atoms with Gasteiger partial charge in [0.2, 0.25) is 5.91 Å². The van der Waals surface area contributed by atoms with Crippen molar-refractivity contribution in [3.8, 4) is 17.2 Å². The van der Waals surface area contributed by atoms with Crippen LogP contribution in [0.5, 0.6) is 17.2 Å². The van der Waals surface area contributed by atoms with Gasteiger partial charge in [0.05, 0.1) is 19.3 Å². The van der Waals surface area contributed by atoms with E-state index in [2.05, 4.69) is 20.6 Å². The first-order valence-electron chi connectivity index (χ1n) is 13.3. The van der Waals surface area contributed by atoms with Gasteiger partial charge in [0.1, 0.15) is 17.5 Å². The number of aromatic nitrogens is 2. The van der Waals surface area contributed by atoms with E-state index >= 15 is 0 Å². The van der Waals surface area contributed by atoms with E-state index in [1.54, 1.807) is 17.0 Å². The largest absolute Gasteiger partial charge is 0.493 e. The zero-order valence-corrected chi connectivity index (χ0v) is 22.6. The normalized spacial score (nSPS) is 19.7. The third-order valence-corrected chi connectivity index (χ3v) is 7.00. The highest BCUT2D eigenvalue weighted by Crippen LogP contribution is 2.29. The van der Waals surface area contributed by atoms with E-state index in [-0.39, 0.29) is 30.7 Å². The van der Waals surface area contributed by atoms with E-state index in [1.165, 1.54) is 13.3 Å². The predicted molar refractivity (Wildman–Crippen MR) is 147 cm³/mol. The van der Waals surface area contributed by atoms with E-state index in [0.717, 1.165) is 17.3 Å². The second-order valence-electron chi connectivity index (χ2n) is 9.86.